The summed E-state index contributed by atoms with van der Waals surface area (Å²) in [4.78, 5) is 40.2. The highest BCUT2D eigenvalue weighted by atomic mass is 79.9. The number of carbonyl (C=O) groups excluding carboxylic acids is 3. The van der Waals surface area contributed by atoms with E-state index < -0.39 is 5.97 Å². The fourth-order valence-electron chi connectivity index (χ4n) is 3.55. The lowest BCUT2D eigenvalue weighted by molar-refractivity contribution is 0.0521. The van der Waals surface area contributed by atoms with E-state index in [0.717, 1.165) is 8.95 Å². The summed E-state index contributed by atoms with van der Waals surface area (Å²) in [7, 11) is 0. The number of benzene rings is 2. The predicted molar refractivity (Wildman–Crippen MR) is 129 cm³/mol. The van der Waals surface area contributed by atoms with Gasteiger partial charge in [-0.3, -0.25) is 9.59 Å². The summed E-state index contributed by atoms with van der Waals surface area (Å²) in [6.07, 6.45) is 1.67. The summed E-state index contributed by atoms with van der Waals surface area (Å²) in [5.74, 6) is -1.45. The second kappa shape index (κ2) is 9.22. The first-order chi connectivity index (χ1) is 15.4. The zero-order chi connectivity index (χ0) is 22.8. The van der Waals surface area contributed by atoms with Crippen LogP contribution < -0.4 is 0 Å². The monoisotopic (exact) mass is 553 g/mol. The Kier molecular flexibility index (Phi) is 6.39. The average Bonchev–Trinajstić information content (AvgIpc) is 3.14. The van der Waals surface area contributed by atoms with Crippen molar-refractivity contribution in [3.8, 4) is 0 Å². The Morgan fingerprint density at radius 3 is 1.91 bits per heavy atom. The first kappa shape index (κ1) is 22.2. The van der Waals surface area contributed by atoms with Crippen molar-refractivity contribution in [2.75, 3.05) is 6.61 Å². The largest absolute Gasteiger partial charge is 0.462 e. The lowest BCUT2D eigenvalue weighted by Crippen LogP contribution is -2.16. The highest BCUT2D eigenvalue weighted by molar-refractivity contribution is 9.10. The Morgan fingerprint density at radius 2 is 1.34 bits per heavy atom. The molecule has 4 rings (SSSR count). The van der Waals surface area contributed by atoms with Gasteiger partial charge in [0.25, 0.3) is 0 Å². The van der Waals surface area contributed by atoms with Crippen molar-refractivity contribution >= 4 is 54.9 Å². The molecule has 0 aliphatic heterocycles. The fourth-order valence-corrected chi connectivity index (χ4v) is 4.08. The molecule has 0 unspecified atom stereocenters. The maximum Gasteiger partial charge on any atom is 0.341 e. The molecule has 2 heterocycles. The maximum absolute atomic E-state index is 13.6. The SMILES string of the molecule is CCOC(=O)c1c(C(=O)c2ccc(Br)cc2)c2ccccn2c1C(=O)c1ccc(Br)cc1. The third-order valence-corrected chi connectivity index (χ3v) is 6.04. The van der Waals surface area contributed by atoms with E-state index in [1.165, 1.54) is 0 Å². The van der Waals surface area contributed by atoms with E-state index in [1.54, 1.807) is 84.3 Å². The summed E-state index contributed by atoms with van der Waals surface area (Å²) in [6, 6.07) is 18.9. The lowest BCUT2D eigenvalue weighted by atomic mass is 9.97. The van der Waals surface area contributed by atoms with Gasteiger partial charge in [-0.1, -0.05) is 37.9 Å². The molecule has 0 radical (unpaired) electrons. The van der Waals surface area contributed by atoms with Crippen LogP contribution in [0.4, 0.5) is 0 Å². The summed E-state index contributed by atoms with van der Waals surface area (Å²) >= 11 is 6.73. The van der Waals surface area contributed by atoms with Crippen LogP contribution in [-0.4, -0.2) is 28.5 Å². The molecular formula is C25H17Br2NO4. The second-order valence-electron chi connectivity index (χ2n) is 6.95. The molecule has 0 N–H and O–H groups in total. The Bertz CT molecular complexity index is 1240. The molecule has 0 atom stereocenters. The van der Waals surface area contributed by atoms with Gasteiger partial charge in [-0.25, -0.2) is 4.79 Å². The van der Waals surface area contributed by atoms with Gasteiger partial charge in [0.1, 0.15) is 11.3 Å². The van der Waals surface area contributed by atoms with E-state index in [-0.39, 0.29) is 35.0 Å². The van der Waals surface area contributed by atoms with Crippen LogP contribution in [0.1, 0.15) is 49.3 Å². The van der Waals surface area contributed by atoms with Crippen molar-refractivity contribution < 1.29 is 19.1 Å². The molecule has 0 saturated heterocycles. The number of carbonyl (C=O) groups is 3. The van der Waals surface area contributed by atoms with E-state index in [1.807, 2.05) is 0 Å². The fraction of sp³-hybridized carbons (Fsp3) is 0.0800. The molecule has 2 aromatic carbocycles. The molecule has 32 heavy (non-hydrogen) atoms. The van der Waals surface area contributed by atoms with Gasteiger partial charge in [-0.05, 0) is 67.6 Å². The smallest absolute Gasteiger partial charge is 0.341 e. The van der Waals surface area contributed by atoms with Gasteiger partial charge in [0.05, 0.1) is 17.7 Å². The number of ether oxygens (including phenoxy) is 1. The van der Waals surface area contributed by atoms with Crippen LogP contribution in [0, 0.1) is 0 Å². The number of esters is 1. The molecule has 0 amide bonds. The number of fused-ring (bicyclic) bond motifs is 1. The van der Waals surface area contributed by atoms with Gasteiger partial charge < -0.3 is 9.14 Å². The second-order valence-corrected chi connectivity index (χ2v) is 8.78. The molecule has 0 saturated carbocycles. The van der Waals surface area contributed by atoms with E-state index in [2.05, 4.69) is 31.9 Å². The van der Waals surface area contributed by atoms with Gasteiger partial charge in [0, 0.05) is 26.3 Å². The van der Waals surface area contributed by atoms with Crippen LogP contribution in [0.5, 0.6) is 0 Å². The number of pyridine rings is 1. The van der Waals surface area contributed by atoms with Crippen molar-refractivity contribution in [1.29, 1.82) is 0 Å². The zero-order valence-corrected chi connectivity index (χ0v) is 20.1. The molecule has 5 nitrogen and oxygen atoms in total. The summed E-state index contributed by atoms with van der Waals surface area (Å²) in [5.41, 5.74) is 1.47. The van der Waals surface area contributed by atoms with Gasteiger partial charge in [0.2, 0.25) is 5.78 Å². The number of rotatable bonds is 6. The van der Waals surface area contributed by atoms with Crippen molar-refractivity contribution in [3.05, 3.63) is 110 Å². The van der Waals surface area contributed by atoms with Crippen LogP contribution in [0.3, 0.4) is 0 Å². The maximum atomic E-state index is 13.6. The number of halogens is 2. The first-order valence-electron chi connectivity index (χ1n) is 9.83. The van der Waals surface area contributed by atoms with E-state index >= 15 is 0 Å². The number of aromatic nitrogens is 1. The Labute approximate surface area is 201 Å². The number of nitrogens with zero attached hydrogens (tertiary/aromatic N) is 1. The van der Waals surface area contributed by atoms with E-state index in [9.17, 15) is 14.4 Å². The van der Waals surface area contributed by atoms with Crippen LogP contribution in [-0.2, 0) is 4.74 Å². The van der Waals surface area contributed by atoms with Crippen LogP contribution in [0.15, 0.2) is 81.9 Å². The molecule has 2 aromatic heterocycles. The minimum Gasteiger partial charge on any atom is -0.462 e. The highest BCUT2D eigenvalue weighted by Crippen LogP contribution is 2.30. The Morgan fingerprint density at radius 1 is 0.781 bits per heavy atom. The quantitative estimate of drug-likeness (QED) is 0.213. The molecule has 0 aliphatic rings. The molecule has 0 bridgehead atoms. The highest BCUT2D eigenvalue weighted by Gasteiger charge is 2.32. The minimum atomic E-state index is -0.711. The lowest BCUT2D eigenvalue weighted by Gasteiger charge is -2.08. The normalized spacial score (nSPS) is 10.8. The summed E-state index contributed by atoms with van der Waals surface area (Å²) < 4.78 is 8.51. The first-order valence-corrected chi connectivity index (χ1v) is 11.4. The third kappa shape index (κ3) is 4.06. The van der Waals surface area contributed by atoms with E-state index in [4.69, 9.17) is 4.74 Å². The molecule has 160 valence electrons. The van der Waals surface area contributed by atoms with Gasteiger partial charge in [0.15, 0.2) is 5.78 Å². The van der Waals surface area contributed by atoms with Crippen molar-refractivity contribution in [2.24, 2.45) is 0 Å². The summed E-state index contributed by atoms with van der Waals surface area (Å²) in [6.45, 7) is 1.79. The average molecular weight is 555 g/mol. The van der Waals surface area contributed by atoms with Gasteiger partial charge >= 0.3 is 5.97 Å². The molecule has 7 heteroatoms. The van der Waals surface area contributed by atoms with Gasteiger partial charge in [-0.2, -0.15) is 0 Å². The molecule has 0 fully saturated rings. The zero-order valence-electron chi connectivity index (χ0n) is 17.0. The van der Waals surface area contributed by atoms with Crippen molar-refractivity contribution in [2.45, 2.75) is 6.92 Å². The molecule has 0 spiro atoms. The number of hydrogen-bond donors (Lipinski definition) is 0. The molecular weight excluding hydrogens is 538 g/mol. The Balaban J connectivity index is 2.01. The van der Waals surface area contributed by atoms with Crippen LogP contribution in [0.2, 0.25) is 0 Å². The van der Waals surface area contributed by atoms with Crippen molar-refractivity contribution in [3.63, 3.8) is 0 Å². The number of ketones is 2. The van der Waals surface area contributed by atoms with Gasteiger partial charge in [-0.15, -0.1) is 0 Å². The topological polar surface area (TPSA) is 64.8 Å². The van der Waals surface area contributed by atoms with Crippen LogP contribution in [0.25, 0.3) is 5.52 Å². The third-order valence-electron chi connectivity index (χ3n) is 4.98. The minimum absolute atomic E-state index is 0.0288. The van der Waals surface area contributed by atoms with Crippen molar-refractivity contribution in [1.82, 2.24) is 4.40 Å². The van der Waals surface area contributed by atoms with Crippen LogP contribution >= 0.6 is 31.9 Å². The van der Waals surface area contributed by atoms with E-state index in [0.29, 0.717) is 16.6 Å². The Hall–Kier alpha value is -3.03. The molecule has 0 aliphatic carbocycles. The summed E-state index contributed by atoms with van der Waals surface area (Å²) in [5, 5.41) is 0. The molecule has 4 aromatic rings. The predicted octanol–water partition coefficient (Wildman–Crippen LogP) is 6.10. The standard InChI is InChI=1S/C25H17Br2NO4/c1-2-32-25(31)21-20(23(29)15-6-10-17(26)11-7-15)19-5-3-4-14-28(19)22(21)24(30)16-8-12-18(27)13-9-16/h3-14H,2H2,1H3. The number of hydrogen-bond acceptors (Lipinski definition) is 4.